The summed E-state index contributed by atoms with van der Waals surface area (Å²) in [5, 5.41) is 0. The second-order valence-corrected chi connectivity index (χ2v) is 3.93. The third-order valence-corrected chi connectivity index (χ3v) is 2.41. The highest BCUT2D eigenvalue weighted by molar-refractivity contribution is 6.04. The van der Waals surface area contributed by atoms with Crippen LogP contribution in [0.15, 0.2) is 59.0 Å². The SMILES string of the molecule is Cc1ccc(/C=C/C(=O)/C=C/c2ccccc2)o1. The highest BCUT2D eigenvalue weighted by atomic mass is 16.3. The molecular weight excluding hydrogens is 224 g/mol. The summed E-state index contributed by atoms with van der Waals surface area (Å²) < 4.78 is 5.33. The maximum absolute atomic E-state index is 11.6. The highest BCUT2D eigenvalue weighted by Crippen LogP contribution is 2.08. The van der Waals surface area contributed by atoms with Crippen LogP contribution in [0.1, 0.15) is 17.1 Å². The molecule has 0 aliphatic rings. The van der Waals surface area contributed by atoms with E-state index in [1.54, 1.807) is 18.2 Å². The van der Waals surface area contributed by atoms with E-state index in [0.717, 1.165) is 11.3 Å². The van der Waals surface area contributed by atoms with Crippen LogP contribution in [0.2, 0.25) is 0 Å². The molecule has 0 N–H and O–H groups in total. The van der Waals surface area contributed by atoms with Crippen LogP contribution in [-0.2, 0) is 4.79 Å². The topological polar surface area (TPSA) is 30.2 Å². The van der Waals surface area contributed by atoms with Crippen molar-refractivity contribution in [2.24, 2.45) is 0 Å². The van der Waals surface area contributed by atoms with Gasteiger partial charge in [0.05, 0.1) is 0 Å². The summed E-state index contributed by atoms with van der Waals surface area (Å²) in [5.74, 6) is 1.46. The molecule has 2 nitrogen and oxygen atoms in total. The number of hydrogen-bond acceptors (Lipinski definition) is 2. The maximum Gasteiger partial charge on any atom is 0.178 e. The number of aryl methyl sites for hydroxylation is 1. The number of carbonyl (C=O) groups excluding carboxylic acids is 1. The Kier molecular flexibility index (Phi) is 3.92. The molecule has 2 heteroatoms. The van der Waals surface area contributed by atoms with Gasteiger partial charge < -0.3 is 4.42 Å². The van der Waals surface area contributed by atoms with Crippen molar-refractivity contribution in [1.29, 1.82) is 0 Å². The predicted molar refractivity (Wildman–Crippen MR) is 73.0 cm³/mol. The van der Waals surface area contributed by atoms with Gasteiger partial charge in [0.2, 0.25) is 0 Å². The molecule has 0 atom stereocenters. The van der Waals surface area contributed by atoms with Crippen molar-refractivity contribution in [3.63, 3.8) is 0 Å². The molecule has 0 saturated heterocycles. The van der Waals surface area contributed by atoms with Crippen molar-refractivity contribution in [2.75, 3.05) is 0 Å². The average molecular weight is 238 g/mol. The second-order valence-electron chi connectivity index (χ2n) is 3.93. The summed E-state index contributed by atoms with van der Waals surface area (Å²) in [5.41, 5.74) is 1.01. The quantitative estimate of drug-likeness (QED) is 0.756. The van der Waals surface area contributed by atoms with Crippen LogP contribution in [0.4, 0.5) is 0 Å². The lowest BCUT2D eigenvalue weighted by Gasteiger charge is -1.89. The molecule has 1 heterocycles. The number of benzene rings is 1. The lowest BCUT2D eigenvalue weighted by atomic mass is 10.2. The summed E-state index contributed by atoms with van der Waals surface area (Å²) in [6.07, 6.45) is 6.50. The largest absolute Gasteiger partial charge is 0.462 e. The molecule has 90 valence electrons. The number of ketones is 1. The Morgan fingerprint density at radius 1 is 1.00 bits per heavy atom. The number of rotatable bonds is 4. The Morgan fingerprint density at radius 3 is 2.39 bits per heavy atom. The van der Waals surface area contributed by atoms with Gasteiger partial charge in [-0.25, -0.2) is 0 Å². The van der Waals surface area contributed by atoms with Gasteiger partial charge in [-0.3, -0.25) is 4.79 Å². The molecule has 0 unspecified atom stereocenters. The molecule has 0 spiro atoms. The zero-order valence-corrected chi connectivity index (χ0v) is 10.2. The summed E-state index contributed by atoms with van der Waals surface area (Å²) in [4.78, 5) is 11.6. The average Bonchev–Trinajstić information content (AvgIpc) is 2.81. The minimum absolute atomic E-state index is 0.0621. The van der Waals surface area contributed by atoms with Crippen LogP contribution >= 0.6 is 0 Å². The Morgan fingerprint density at radius 2 is 1.72 bits per heavy atom. The lowest BCUT2D eigenvalue weighted by Crippen LogP contribution is -1.84. The van der Waals surface area contributed by atoms with Crippen LogP contribution in [0.25, 0.3) is 12.2 Å². The van der Waals surface area contributed by atoms with E-state index in [4.69, 9.17) is 4.42 Å². The third-order valence-electron chi connectivity index (χ3n) is 2.41. The van der Waals surface area contributed by atoms with Crippen molar-refractivity contribution in [2.45, 2.75) is 6.92 Å². The summed E-state index contributed by atoms with van der Waals surface area (Å²) >= 11 is 0. The highest BCUT2D eigenvalue weighted by Gasteiger charge is 1.94. The fourth-order valence-electron chi connectivity index (χ4n) is 1.51. The van der Waals surface area contributed by atoms with E-state index < -0.39 is 0 Å². The predicted octanol–water partition coefficient (Wildman–Crippen LogP) is 3.88. The third kappa shape index (κ3) is 3.59. The first-order valence-corrected chi connectivity index (χ1v) is 5.76. The first kappa shape index (κ1) is 12.1. The summed E-state index contributed by atoms with van der Waals surface area (Å²) in [6, 6.07) is 13.4. The van der Waals surface area contributed by atoms with Gasteiger partial charge in [-0.1, -0.05) is 36.4 Å². The van der Waals surface area contributed by atoms with Crippen molar-refractivity contribution in [3.8, 4) is 0 Å². The van der Waals surface area contributed by atoms with Crippen molar-refractivity contribution < 1.29 is 9.21 Å². The fourth-order valence-corrected chi connectivity index (χ4v) is 1.51. The summed E-state index contributed by atoms with van der Waals surface area (Å²) in [7, 11) is 0. The van der Waals surface area contributed by atoms with Gasteiger partial charge in [-0.05, 0) is 42.8 Å². The van der Waals surface area contributed by atoms with Gasteiger partial charge in [-0.15, -0.1) is 0 Å². The molecular formula is C16H14O2. The fraction of sp³-hybridized carbons (Fsp3) is 0.0625. The first-order valence-electron chi connectivity index (χ1n) is 5.76. The van der Waals surface area contributed by atoms with Gasteiger partial charge in [0.25, 0.3) is 0 Å². The molecule has 0 aliphatic carbocycles. The maximum atomic E-state index is 11.6. The second kappa shape index (κ2) is 5.82. The van der Waals surface area contributed by atoms with E-state index in [1.165, 1.54) is 6.08 Å². The minimum atomic E-state index is -0.0621. The van der Waals surface area contributed by atoms with Gasteiger partial charge in [0.1, 0.15) is 11.5 Å². The molecule has 1 aromatic carbocycles. The van der Waals surface area contributed by atoms with Crippen molar-refractivity contribution in [3.05, 3.63) is 71.7 Å². The molecule has 0 saturated carbocycles. The normalized spacial score (nSPS) is 11.4. The number of furan rings is 1. The van der Waals surface area contributed by atoms with Gasteiger partial charge in [0.15, 0.2) is 5.78 Å². The van der Waals surface area contributed by atoms with Crippen LogP contribution in [-0.4, -0.2) is 5.78 Å². The molecule has 0 radical (unpaired) electrons. The van der Waals surface area contributed by atoms with Crippen LogP contribution in [0, 0.1) is 6.92 Å². The van der Waals surface area contributed by atoms with E-state index in [9.17, 15) is 4.79 Å². The molecule has 2 rings (SSSR count). The Hall–Kier alpha value is -2.35. The number of carbonyl (C=O) groups is 1. The zero-order chi connectivity index (χ0) is 12.8. The van der Waals surface area contributed by atoms with Crippen LogP contribution < -0.4 is 0 Å². The van der Waals surface area contributed by atoms with Gasteiger partial charge in [-0.2, -0.15) is 0 Å². The first-order chi connectivity index (χ1) is 8.74. The minimum Gasteiger partial charge on any atom is -0.462 e. The van der Waals surface area contributed by atoms with Crippen molar-refractivity contribution in [1.82, 2.24) is 0 Å². The van der Waals surface area contributed by atoms with E-state index in [1.807, 2.05) is 49.4 Å². The molecule has 1 aromatic heterocycles. The monoisotopic (exact) mass is 238 g/mol. The Bertz CT molecular complexity index is 574. The van der Waals surface area contributed by atoms with Gasteiger partial charge >= 0.3 is 0 Å². The molecule has 2 aromatic rings. The van der Waals surface area contributed by atoms with E-state index in [2.05, 4.69) is 0 Å². The van der Waals surface area contributed by atoms with Crippen LogP contribution in [0.3, 0.4) is 0 Å². The lowest BCUT2D eigenvalue weighted by molar-refractivity contribution is -0.110. The molecule has 0 fully saturated rings. The van der Waals surface area contributed by atoms with Crippen LogP contribution in [0.5, 0.6) is 0 Å². The molecule has 0 bridgehead atoms. The number of allylic oxidation sites excluding steroid dienone is 2. The molecule has 18 heavy (non-hydrogen) atoms. The standard InChI is InChI=1S/C16H14O2/c1-13-7-11-16(18-13)12-10-15(17)9-8-14-5-3-2-4-6-14/h2-12H,1H3/b9-8+,12-10+. The van der Waals surface area contributed by atoms with Gasteiger partial charge in [0, 0.05) is 0 Å². The smallest absolute Gasteiger partial charge is 0.178 e. The Labute approximate surface area is 106 Å². The Balaban J connectivity index is 1.97. The summed E-state index contributed by atoms with van der Waals surface area (Å²) in [6.45, 7) is 1.87. The van der Waals surface area contributed by atoms with Crippen molar-refractivity contribution >= 4 is 17.9 Å². The van der Waals surface area contributed by atoms with E-state index >= 15 is 0 Å². The molecule has 0 aliphatic heterocycles. The van der Waals surface area contributed by atoms with E-state index in [0.29, 0.717) is 5.76 Å². The molecule has 0 amide bonds. The zero-order valence-electron chi connectivity index (χ0n) is 10.2. The number of hydrogen-bond donors (Lipinski definition) is 0. The van der Waals surface area contributed by atoms with E-state index in [-0.39, 0.29) is 5.78 Å².